The van der Waals surface area contributed by atoms with Crippen LogP contribution in [0.1, 0.15) is 69.5 Å². The maximum absolute atomic E-state index is 3.86. The summed E-state index contributed by atoms with van der Waals surface area (Å²) in [6.45, 7) is 6.87. The fraction of sp³-hybridized carbons (Fsp3) is 0.667. The van der Waals surface area contributed by atoms with E-state index in [-0.39, 0.29) is 0 Å². The van der Waals surface area contributed by atoms with Gasteiger partial charge in [-0.2, -0.15) is 0 Å². The lowest BCUT2D eigenvalue weighted by molar-refractivity contribution is 0.399. The second-order valence-electron chi connectivity index (χ2n) is 6.22. The van der Waals surface area contributed by atoms with Crippen molar-refractivity contribution >= 4 is 0 Å². The number of benzene rings is 1. The molecule has 1 N–H and O–H groups in total. The van der Waals surface area contributed by atoms with E-state index in [1.54, 1.807) is 0 Å². The molecule has 1 aromatic rings. The minimum atomic E-state index is 0.476. The quantitative estimate of drug-likeness (QED) is 0.750. The molecule has 1 aliphatic carbocycles. The van der Waals surface area contributed by atoms with Crippen molar-refractivity contribution in [2.24, 2.45) is 5.92 Å². The molecule has 2 unspecified atom stereocenters. The van der Waals surface area contributed by atoms with Crippen LogP contribution in [0.2, 0.25) is 0 Å². The minimum Gasteiger partial charge on any atom is -0.307 e. The van der Waals surface area contributed by atoms with Crippen molar-refractivity contribution in [3.05, 3.63) is 35.4 Å². The molecule has 0 bridgehead atoms. The third-order valence-electron chi connectivity index (χ3n) is 4.81. The first kappa shape index (κ1) is 14.6. The second-order valence-corrected chi connectivity index (χ2v) is 6.22. The Morgan fingerprint density at radius 2 is 1.95 bits per heavy atom. The van der Waals surface area contributed by atoms with Gasteiger partial charge >= 0.3 is 0 Å². The maximum Gasteiger partial charge on any atom is 0.0296 e. The Morgan fingerprint density at radius 3 is 2.68 bits per heavy atom. The van der Waals surface area contributed by atoms with E-state index in [0.717, 1.165) is 5.92 Å². The van der Waals surface area contributed by atoms with Gasteiger partial charge in [0.15, 0.2) is 0 Å². The molecular weight excluding hydrogens is 230 g/mol. The zero-order valence-corrected chi connectivity index (χ0v) is 12.8. The average molecular weight is 259 g/mol. The van der Waals surface area contributed by atoms with Crippen LogP contribution in [-0.2, 0) is 0 Å². The van der Waals surface area contributed by atoms with E-state index in [4.69, 9.17) is 0 Å². The van der Waals surface area contributed by atoms with Gasteiger partial charge in [-0.25, -0.2) is 0 Å². The van der Waals surface area contributed by atoms with Crippen molar-refractivity contribution in [1.29, 1.82) is 0 Å². The molecule has 1 fully saturated rings. The van der Waals surface area contributed by atoms with E-state index in [1.165, 1.54) is 49.7 Å². The van der Waals surface area contributed by atoms with Gasteiger partial charge in [-0.15, -0.1) is 0 Å². The van der Waals surface area contributed by atoms with Gasteiger partial charge in [0.05, 0.1) is 0 Å². The summed E-state index contributed by atoms with van der Waals surface area (Å²) in [7, 11) is 0. The molecule has 0 amide bonds. The van der Waals surface area contributed by atoms with E-state index in [2.05, 4.69) is 50.4 Å². The van der Waals surface area contributed by atoms with E-state index in [0.29, 0.717) is 12.1 Å². The first-order chi connectivity index (χ1) is 9.20. The van der Waals surface area contributed by atoms with E-state index in [9.17, 15) is 0 Å². The Hall–Kier alpha value is -0.820. The van der Waals surface area contributed by atoms with E-state index >= 15 is 0 Å². The van der Waals surface area contributed by atoms with Crippen molar-refractivity contribution in [3.8, 4) is 0 Å². The van der Waals surface area contributed by atoms with Crippen LogP contribution in [0.25, 0.3) is 0 Å². The highest BCUT2D eigenvalue weighted by Crippen LogP contribution is 2.27. The lowest BCUT2D eigenvalue weighted by Gasteiger charge is -2.23. The lowest BCUT2D eigenvalue weighted by atomic mass is 9.97. The molecule has 3 atom stereocenters. The molecule has 1 saturated carbocycles. The molecule has 1 aliphatic rings. The summed E-state index contributed by atoms with van der Waals surface area (Å²) in [6.07, 6.45) is 8.32. The molecule has 0 saturated heterocycles. The van der Waals surface area contributed by atoms with Crippen molar-refractivity contribution < 1.29 is 0 Å². The second kappa shape index (κ2) is 7.09. The molecular formula is C18H29N. The van der Waals surface area contributed by atoms with Gasteiger partial charge in [0.2, 0.25) is 0 Å². The van der Waals surface area contributed by atoms with Crippen LogP contribution >= 0.6 is 0 Å². The Balaban J connectivity index is 1.92. The van der Waals surface area contributed by atoms with Gasteiger partial charge in [0.25, 0.3) is 0 Å². The third-order valence-corrected chi connectivity index (χ3v) is 4.81. The van der Waals surface area contributed by atoms with Gasteiger partial charge in [-0.3, -0.25) is 0 Å². The molecule has 106 valence electrons. The average Bonchev–Trinajstić information content (AvgIpc) is 2.64. The molecule has 0 heterocycles. The van der Waals surface area contributed by atoms with Gasteiger partial charge in [-0.05, 0) is 50.2 Å². The van der Waals surface area contributed by atoms with Crippen LogP contribution in [0, 0.1) is 12.8 Å². The number of hydrogen-bond acceptors (Lipinski definition) is 1. The minimum absolute atomic E-state index is 0.476. The Kier molecular flexibility index (Phi) is 5.45. The molecule has 19 heavy (non-hydrogen) atoms. The summed E-state index contributed by atoms with van der Waals surface area (Å²) in [6, 6.07) is 9.95. The zero-order valence-electron chi connectivity index (χ0n) is 12.8. The Morgan fingerprint density at radius 1 is 1.16 bits per heavy atom. The van der Waals surface area contributed by atoms with Crippen LogP contribution in [0.5, 0.6) is 0 Å². The molecule has 2 rings (SSSR count). The predicted molar refractivity (Wildman–Crippen MR) is 83.4 cm³/mol. The molecule has 1 nitrogen and oxygen atoms in total. The van der Waals surface area contributed by atoms with Crippen LogP contribution in [0.4, 0.5) is 0 Å². The summed E-state index contributed by atoms with van der Waals surface area (Å²) in [5, 5.41) is 3.86. The normalized spacial score (nSPS) is 25.8. The fourth-order valence-corrected chi connectivity index (χ4v) is 3.47. The maximum atomic E-state index is 3.86. The zero-order chi connectivity index (χ0) is 13.7. The SMILES string of the molecule is CCC1CCCC(N[C@@H](C)c2ccccc2C)CC1. The summed E-state index contributed by atoms with van der Waals surface area (Å²) >= 11 is 0. The summed E-state index contributed by atoms with van der Waals surface area (Å²) < 4.78 is 0. The molecule has 0 radical (unpaired) electrons. The number of hydrogen-bond donors (Lipinski definition) is 1. The van der Waals surface area contributed by atoms with Crippen LogP contribution in [-0.4, -0.2) is 6.04 Å². The number of nitrogens with one attached hydrogen (secondary N) is 1. The van der Waals surface area contributed by atoms with Crippen molar-refractivity contribution in [2.75, 3.05) is 0 Å². The topological polar surface area (TPSA) is 12.0 Å². The van der Waals surface area contributed by atoms with Gasteiger partial charge in [0, 0.05) is 12.1 Å². The largest absolute Gasteiger partial charge is 0.307 e. The van der Waals surface area contributed by atoms with Crippen LogP contribution in [0.3, 0.4) is 0 Å². The van der Waals surface area contributed by atoms with Crippen molar-refractivity contribution in [1.82, 2.24) is 5.32 Å². The summed E-state index contributed by atoms with van der Waals surface area (Å²) in [5.74, 6) is 0.973. The molecule has 0 aliphatic heterocycles. The smallest absolute Gasteiger partial charge is 0.0296 e. The first-order valence-corrected chi connectivity index (χ1v) is 8.02. The van der Waals surface area contributed by atoms with Crippen LogP contribution in [0.15, 0.2) is 24.3 Å². The van der Waals surface area contributed by atoms with Crippen LogP contribution < -0.4 is 5.32 Å². The van der Waals surface area contributed by atoms with E-state index in [1.807, 2.05) is 0 Å². The van der Waals surface area contributed by atoms with Crippen molar-refractivity contribution in [2.45, 2.75) is 71.4 Å². The lowest BCUT2D eigenvalue weighted by Crippen LogP contribution is -2.31. The third kappa shape index (κ3) is 4.07. The summed E-state index contributed by atoms with van der Waals surface area (Å²) in [5.41, 5.74) is 2.86. The standard InChI is InChI=1S/C18H29N/c1-4-16-9-7-10-17(13-12-16)19-15(3)18-11-6-5-8-14(18)2/h5-6,8,11,15-17,19H,4,7,9-10,12-13H2,1-3H3/t15-,16?,17?/m0/s1. The monoisotopic (exact) mass is 259 g/mol. The molecule has 1 heteroatoms. The first-order valence-electron chi connectivity index (χ1n) is 8.02. The van der Waals surface area contributed by atoms with Gasteiger partial charge < -0.3 is 5.32 Å². The number of aryl methyl sites for hydroxylation is 1. The summed E-state index contributed by atoms with van der Waals surface area (Å²) in [4.78, 5) is 0. The Labute approximate surface area is 118 Å². The molecule has 1 aromatic carbocycles. The molecule has 0 aromatic heterocycles. The molecule has 0 spiro atoms. The number of rotatable bonds is 4. The highest BCUT2D eigenvalue weighted by Gasteiger charge is 2.19. The highest BCUT2D eigenvalue weighted by atomic mass is 14.9. The Bertz CT molecular complexity index is 385. The van der Waals surface area contributed by atoms with Gasteiger partial charge in [0.1, 0.15) is 0 Å². The predicted octanol–water partition coefficient (Wildman–Crippen LogP) is 5.00. The van der Waals surface area contributed by atoms with Crippen molar-refractivity contribution in [3.63, 3.8) is 0 Å². The fourth-order valence-electron chi connectivity index (χ4n) is 3.47. The highest BCUT2D eigenvalue weighted by molar-refractivity contribution is 5.28. The van der Waals surface area contributed by atoms with E-state index < -0.39 is 0 Å². The van der Waals surface area contributed by atoms with Gasteiger partial charge in [-0.1, -0.05) is 50.5 Å².